The van der Waals surface area contributed by atoms with Gasteiger partial charge in [0, 0.05) is 11.5 Å². The maximum Gasteiger partial charge on any atom is 0.291 e. The Kier molecular flexibility index (Phi) is 5.48. The molecule has 0 aliphatic rings. The van der Waals surface area contributed by atoms with Crippen molar-refractivity contribution in [2.45, 2.75) is 6.61 Å². The van der Waals surface area contributed by atoms with Gasteiger partial charge in [-0.25, -0.2) is 0 Å². The number of halogens is 1. The number of carbonyl (C=O) groups is 1. The van der Waals surface area contributed by atoms with E-state index in [-0.39, 0.29) is 18.3 Å². The molecule has 1 amide bonds. The first-order chi connectivity index (χ1) is 14.1. The van der Waals surface area contributed by atoms with E-state index in [1.165, 1.54) is 0 Å². The van der Waals surface area contributed by atoms with Gasteiger partial charge >= 0.3 is 0 Å². The normalized spacial score (nSPS) is 10.7. The molecule has 0 atom stereocenters. The van der Waals surface area contributed by atoms with Gasteiger partial charge in [-0.3, -0.25) is 9.78 Å². The van der Waals surface area contributed by atoms with Gasteiger partial charge in [-0.15, -0.1) is 0 Å². The molecule has 0 bridgehead atoms. The molecule has 1 N–H and O–H groups in total. The molecule has 29 heavy (non-hydrogen) atoms. The summed E-state index contributed by atoms with van der Waals surface area (Å²) in [5, 5.41) is 3.69. The van der Waals surface area contributed by atoms with Crippen LogP contribution in [0.5, 0.6) is 11.5 Å². The number of benzene rings is 2. The predicted molar refractivity (Wildman–Crippen MR) is 113 cm³/mol. The Hall–Kier alpha value is -3.32. The fourth-order valence-corrected chi connectivity index (χ4v) is 3.18. The molecule has 6 nitrogen and oxygen atoms in total. The molecule has 0 fully saturated rings. The van der Waals surface area contributed by atoms with Gasteiger partial charge in [0.2, 0.25) is 0 Å². The number of fused-ring (bicyclic) bond motifs is 1. The Morgan fingerprint density at radius 1 is 1.14 bits per heavy atom. The van der Waals surface area contributed by atoms with Crippen LogP contribution in [-0.2, 0) is 6.61 Å². The fraction of sp³-hybridized carbons (Fsp3) is 0.0909. The number of carbonyl (C=O) groups excluding carboxylic acids is 1. The zero-order valence-electron chi connectivity index (χ0n) is 15.5. The molecular weight excluding hydrogens is 436 g/mol. The van der Waals surface area contributed by atoms with E-state index in [1.54, 1.807) is 25.4 Å². The van der Waals surface area contributed by atoms with Crippen molar-refractivity contribution in [2.24, 2.45) is 0 Å². The second-order valence-corrected chi connectivity index (χ2v) is 7.08. The largest absolute Gasteiger partial charge is 0.497 e. The SMILES string of the molecule is COc1ccc2cc(NC(=O)c3ccc(COc4ccccc4Br)o3)cnc2c1. The van der Waals surface area contributed by atoms with Gasteiger partial charge in [0.25, 0.3) is 5.91 Å². The highest BCUT2D eigenvalue weighted by Gasteiger charge is 2.13. The summed E-state index contributed by atoms with van der Waals surface area (Å²) in [6, 6.07) is 18.3. The van der Waals surface area contributed by atoms with Crippen LogP contribution in [-0.4, -0.2) is 18.0 Å². The van der Waals surface area contributed by atoms with E-state index >= 15 is 0 Å². The zero-order chi connectivity index (χ0) is 20.2. The third-order valence-electron chi connectivity index (χ3n) is 4.24. The van der Waals surface area contributed by atoms with Crippen LogP contribution in [0.3, 0.4) is 0 Å². The quantitative estimate of drug-likeness (QED) is 0.422. The third kappa shape index (κ3) is 4.41. The number of aromatic nitrogens is 1. The van der Waals surface area contributed by atoms with Gasteiger partial charge in [-0.05, 0) is 58.4 Å². The number of rotatable bonds is 6. The number of nitrogens with zero attached hydrogens (tertiary/aromatic N) is 1. The van der Waals surface area contributed by atoms with Crippen molar-refractivity contribution in [3.05, 3.63) is 82.9 Å². The molecule has 2 aromatic heterocycles. The third-order valence-corrected chi connectivity index (χ3v) is 4.90. The Morgan fingerprint density at radius 2 is 2.00 bits per heavy atom. The first-order valence-corrected chi connectivity index (χ1v) is 9.63. The van der Waals surface area contributed by atoms with E-state index in [0.717, 1.165) is 21.1 Å². The van der Waals surface area contributed by atoms with Gasteiger partial charge in [0.05, 0.1) is 29.0 Å². The highest BCUT2D eigenvalue weighted by Crippen LogP contribution is 2.25. The molecule has 0 unspecified atom stereocenters. The predicted octanol–water partition coefficient (Wildman–Crippen LogP) is 5.43. The highest BCUT2D eigenvalue weighted by atomic mass is 79.9. The van der Waals surface area contributed by atoms with Crippen LogP contribution in [0.1, 0.15) is 16.3 Å². The summed E-state index contributed by atoms with van der Waals surface area (Å²) in [5.41, 5.74) is 1.36. The highest BCUT2D eigenvalue weighted by molar-refractivity contribution is 9.10. The molecule has 0 saturated heterocycles. The van der Waals surface area contributed by atoms with Gasteiger partial charge in [-0.2, -0.15) is 0 Å². The summed E-state index contributed by atoms with van der Waals surface area (Å²) in [5.74, 6) is 1.83. The Bertz CT molecular complexity index is 1170. The number of methoxy groups -OCH3 is 1. The zero-order valence-corrected chi connectivity index (χ0v) is 17.1. The molecule has 0 spiro atoms. The minimum Gasteiger partial charge on any atom is -0.497 e. The summed E-state index contributed by atoms with van der Waals surface area (Å²) in [6.07, 6.45) is 1.60. The lowest BCUT2D eigenvalue weighted by molar-refractivity contribution is 0.0992. The molecule has 0 saturated carbocycles. The number of furan rings is 1. The van der Waals surface area contributed by atoms with Crippen molar-refractivity contribution in [3.63, 3.8) is 0 Å². The molecule has 2 aromatic carbocycles. The smallest absolute Gasteiger partial charge is 0.291 e. The monoisotopic (exact) mass is 452 g/mol. The summed E-state index contributed by atoms with van der Waals surface area (Å²) >= 11 is 3.43. The number of para-hydroxylation sites is 1. The van der Waals surface area contributed by atoms with Gasteiger partial charge < -0.3 is 19.2 Å². The van der Waals surface area contributed by atoms with Crippen LogP contribution in [0.4, 0.5) is 5.69 Å². The standard InChI is InChI=1S/C22H17BrN2O4/c1-27-16-7-6-14-10-15(12-24-19(14)11-16)25-22(26)21-9-8-17(29-21)13-28-20-5-3-2-4-18(20)23/h2-12H,13H2,1H3,(H,25,26). The molecule has 0 radical (unpaired) electrons. The lowest BCUT2D eigenvalue weighted by atomic mass is 10.2. The van der Waals surface area contributed by atoms with Crippen LogP contribution in [0.2, 0.25) is 0 Å². The average molecular weight is 453 g/mol. The lowest BCUT2D eigenvalue weighted by Crippen LogP contribution is -2.11. The number of pyridine rings is 1. The summed E-state index contributed by atoms with van der Waals surface area (Å²) < 4.78 is 17.4. The van der Waals surface area contributed by atoms with E-state index in [9.17, 15) is 4.79 Å². The number of ether oxygens (including phenoxy) is 2. The number of nitrogens with one attached hydrogen (secondary N) is 1. The van der Waals surface area contributed by atoms with Crippen LogP contribution < -0.4 is 14.8 Å². The first-order valence-electron chi connectivity index (χ1n) is 8.83. The van der Waals surface area contributed by atoms with E-state index < -0.39 is 0 Å². The van der Waals surface area contributed by atoms with E-state index in [2.05, 4.69) is 26.2 Å². The first kappa shape index (κ1) is 19.0. The minimum atomic E-state index is -0.355. The number of anilines is 1. The van der Waals surface area contributed by atoms with Gasteiger partial charge in [0.15, 0.2) is 5.76 Å². The summed E-state index contributed by atoms with van der Waals surface area (Å²) in [4.78, 5) is 16.9. The summed E-state index contributed by atoms with van der Waals surface area (Å²) in [7, 11) is 1.61. The Balaban J connectivity index is 1.42. The van der Waals surface area contributed by atoms with Crippen molar-refractivity contribution >= 4 is 38.4 Å². The summed E-state index contributed by atoms with van der Waals surface area (Å²) in [6.45, 7) is 0.218. The maximum atomic E-state index is 12.5. The van der Waals surface area contributed by atoms with Crippen LogP contribution >= 0.6 is 15.9 Å². The van der Waals surface area contributed by atoms with Crippen molar-refractivity contribution in [3.8, 4) is 11.5 Å². The average Bonchev–Trinajstić information content (AvgIpc) is 3.22. The van der Waals surface area contributed by atoms with Crippen LogP contribution in [0.25, 0.3) is 10.9 Å². The lowest BCUT2D eigenvalue weighted by Gasteiger charge is -2.07. The van der Waals surface area contributed by atoms with Gasteiger partial charge in [0.1, 0.15) is 23.9 Å². The molecule has 0 aliphatic heterocycles. The van der Waals surface area contributed by atoms with Crippen LogP contribution in [0.15, 0.2) is 75.8 Å². The fourth-order valence-electron chi connectivity index (χ4n) is 2.78. The number of amides is 1. The molecule has 146 valence electrons. The van der Waals surface area contributed by atoms with E-state index in [4.69, 9.17) is 13.9 Å². The number of hydrogen-bond acceptors (Lipinski definition) is 5. The molecule has 4 rings (SSSR count). The molecule has 4 aromatic rings. The second-order valence-electron chi connectivity index (χ2n) is 6.22. The van der Waals surface area contributed by atoms with Gasteiger partial charge in [-0.1, -0.05) is 12.1 Å². The van der Waals surface area contributed by atoms with Crippen molar-refractivity contribution in [1.82, 2.24) is 4.98 Å². The maximum absolute atomic E-state index is 12.5. The molecule has 0 aliphatic carbocycles. The van der Waals surface area contributed by atoms with E-state index in [0.29, 0.717) is 17.2 Å². The van der Waals surface area contributed by atoms with Crippen molar-refractivity contribution in [2.75, 3.05) is 12.4 Å². The topological polar surface area (TPSA) is 73.6 Å². The molecular formula is C22H17BrN2O4. The van der Waals surface area contributed by atoms with Crippen molar-refractivity contribution in [1.29, 1.82) is 0 Å². The van der Waals surface area contributed by atoms with Crippen LogP contribution in [0, 0.1) is 0 Å². The number of hydrogen-bond donors (Lipinski definition) is 1. The minimum absolute atomic E-state index is 0.200. The van der Waals surface area contributed by atoms with E-state index in [1.807, 2.05) is 48.5 Å². The van der Waals surface area contributed by atoms with Crippen molar-refractivity contribution < 1.29 is 18.7 Å². The molecule has 7 heteroatoms. The Morgan fingerprint density at radius 3 is 2.83 bits per heavy atom. The molecule has 2 heterocycles. The second kappa shape index (κ2) is 8.36. The Labute approximate surface area is 175 Å².